The smallest absolute Gasteiger partial charge is 0.290 e. The Balaban J connectivity index is 1.63. The van der Waals surface area contributed by atoms with Gasteiger partial charge in [0.15, 0.2) is 5.76 Å². The number of carbonyl (C=O) groups is 1. The lowest BCUT2D eigenvalue weighted by molar-refractivity contribution is 0.0659. The zero-order valence-corrected chi connectivity index (χ0v) is 16.2. The first-order valence-electron chi connectivity index (χ1n) is 9.93. The zero-order chi connectivity index (χ0) is 19.8. The monoisotopic (exact) mass is 386 g/mol. The number of nitrogens with one attached hydrogen (secondary N) is 1. The van der Waals surface area contributed by atoms with Crippen LogP contribution in [0, 0.1) is 0 Å². The molecule has 1 aliphatic rings. The van der Waals surface area contributed by atoms with Crippen molar-refractivity contribution >= 4 is 16.8 Å². The second-order valence-corrected chi connectivity index (χ2v) is 7.19. The minimum atomic E-state index is -0.209. The normalized spacial score (nSPS) is 16.0. The molecule has 5 rings (SSSR count). The molecular formula is C24H22N2O3. The van der Waals surface area contributed by atoms with Crippen molar-refractivity contribution in [3.8, 4) is 5.75 Å². The number of carbonyl (C=O) groups excluding carboxylic acids is 1. The van der Waals surface area contributed by atoms with Crippen LogP contribution in [-0.2, 0) is 6.42 Å². The van der Waals surface area contributed by atoms with Crippen molar-refractivity contribution in [2.75, 3.05) is 13.2 Å². The molecule has 5 heteroatoms. The summed E-state index contributed by atoms with van der Waals surface area (Å²) in [5.74, 6) is 1.09. The number of rotatable bonds is 4. The number of aromatic nitrogens is 1. The predicted molar refractivity (Wildman–Crippen MR) is 111 cm³/mol. The van der Waals surface area contributed by atoms with Crippen molar-refractivity contribution in [1.29, 1.82) is 0 Å². The summed E-state index contributed by atoms with van der Waals surface area (Å²) in [7, 11) is 0. The molecule has 0 unspecified atom stereocenters. The molecule has 0 radical (unpaired) electrons. The van der Waals surface area contributed by atoms with Crippen molar-refractivity contribution in [2.24, 2.45) is 0 Å². The Morgan fingerprint density at radius 2 is 1.97 bits per heavy atom. The van der Waals surface area contributed by atoms with E-state index in [4.69, 9.17) is 9.15 Å². The number of hydrogen-bond donors (Lipinski definition) is 1. The Bertz CT molecular complexity index is 1140. The number of H-pyrrole nitrogens is 1. The molecule has 0 saturated carbocycles. The van der Waals surface area contributed by atoms with Crippen LogP contribution < -0.4 is 4.74 Å². The summed E-state index contributed by atoms with van der Waals surface area (Å²) in [5.41, 5.74) is 4.49. The first kappa shape index (κ1) is 17.6. The van der Waals surface area contributed by atoms with E-state index in [9.17, 15) is 4.79 Å². The number of furan rings is 1. The fourth-order valence-corrected chi connectivity index (χ4v) is 4.26. The number of aromatic amines is 1. The highest BCUT2D eigenvalue weighted by Gasteiger charge is 2.35. The summed E-state index contributed by atoms with van der Waals surface area (Å²) in [5, 5.41) is 1.23. The maximum atomic E-state index is 13.2. The third-order valence-electron chi connectivity index (χ3n) is 5.53. The van der Waals surface area contributed by atoms with Gasteiger partial charge in [0, 0.05) is 23.1 Å². The average molecular weight is 386 g/mol. The quantitative estimate of drug-likeness (QED) is 0.540. The largest absolute Gasteiger partial charge is 0.494 e. The van der Waals surface area contributed by atoms with Crippen LogP contribution in [0.25, 0.3) is 10.9 Å². The molecular weight excluding hydrogens is 364 g/mol. The van der Waals surface area contributed by atoms with Gasteiger partial charge in [-0.2, -0.15) is 0 Å². The third-order valence-corrected chi connectivity index (χ3v) is 5.53. The fourth-order valence-electron chi connectivity index (χ4n) is 4.26. The van der Waals surface area contributed by atoms with Gasteiger partial charge in [0.05, 0.1) is 18.9 Å². The number of hydrogen-bond acceptors (Lipinski definition) is 3. The number of fused-ring (bicyclic) bond motifs is 3. The molecule has 1 atom stereocenters. The van der Waals surface area contributed by atoms with Crippen molar-refractivity contribution in [3.05, 3.63) is 89.5 Å². The standard InChI is InChI=1S/C24H22N2O3/c1-2-28-17-11-9-16(10-12-17)23-22-19(18-6-3-4-7-20(18)25-22)13-14-26(23)24(27)21-8-5-15-29-21/h3-12,15,23,25H,2,13-14H2,1H3/t23-/m1/s1. The number of benzene rings is 2. The van der Waals surface area contributed by atoms with Crippen LogP contribution in [0.4, 0.5) is 0 Å². The highest BCUT2D eigenvalue weighted by Crippen LogP contribution is 2.39. The van der Waals surface area contributed by atoms with Gasteiger partial charge in [-0.05, 0) is 54.8 Å². The second-order valence-electron chi connectivity index (χ2n) is 7.19. The number of ether oxygens (including phenoxy) is 1. The van der Waals surface area contributed by atoms with Crippen LogP contribution in [0.1, 0.15) is 40.3 Å². The molecule has 0 aliphatic carbocycles. The van der Waals surface area contributed by atoms with Gasteiger partial charge in [0.2, 0.25) is 0 Å². The van der Waals surface area contributed by atoms with Crippen LogP contribution in [0.2, 0.25) is 0 Å². The molecule has 0 spiro atoms. The van der Waals surface area contributed by atoms with Crippen LogP contribution >= 0.6 is 0 Å². The van der Waals surface area contributed by atoms with E-state index >= 15 is 0 Å². The summed E-state index contributed by atoms with van der Waals surface area (Å²) >= 11 is 0. The minimum Gasteiger partial charge on any atom is -0.494 e. The molecule has 0 bridgehead atoms. The van der Waals surface area contributed by atoms with Gasteiger partial charge in [-0.25, -0.2) is 0 Å². The van der Waals surface area contributed by atoms with Gasteiger partial charge in [0.25, 0.3) is 5.91 Å². The number of amides is 1. The Labute approximate surface area is 168 Å². The third kappa shape index (κ3) is 2.99. The van der Waals surface area contributed by atoms with Gasteiger partial charge in [-0.1, -0.05) is 30.3 Å². The van der Waals surface area contributed by atoms with Gasteiger partial charge < -0.3 is 19.0 Å². The maximum Gasteiger partial charge on any atom is 0.290 e. The molecule has 29 heavy (non-hydrogen) atoms. The van der Waals surface area contributed by atoms with Crippen molar-refractivity contribution in [2.45, 2.75) is 19.4 Å². The van der Waals surface area contributed by atoms with Crippen LogP contribution in [-0.4, -0.2) is 28.9 Å². The van der Waals surface area contributed by atoms with Crippen LogP contribution in [0.5, 0.6) is 5.75 Å². The Hall–Kier alpha value is -3.47. The fraction of sp³-hybridized carbons (Fsp3) is 0.208. The lowest BCUT2D eigenvalue weighted by Gasteiger charge is -2.35. The van der Waals surface area contributed by atoms with E-state index in [0.717, 1.165) is 28.9 Å². The summed E-state index contributed by atoms with van der Waals surface area (Å²) < 4.78 is 11.0. The lowest BCUT2D eigenvalue weighted by Crippen LogP contribution is -2.40. The summed E-state index contributed by atoms with van der Waals surface area (Å²) in [6, 6.07) is 19.6. The molecule has 1 aliphatic heterocycles. The van der Waals surface area contributed by atoms with Crippen LogP contribution in [0.15, 0.2) is 71.3 Å². The highest BCUT2D eigenvalue weighted by molar-refractivity contribution is 5.93. The van der Waals surface area contributed by atoms with Crippen molar-refractivity contribution < 1.29 is 13.9 Å². The molecule has 1 amide bonds. The van der Waals surface area contributed by atoms with E-state index in [1.807, 2.05) is 42.2 Å². The predicted octanol–water partition coefficient (Wildman–Crippen LogP) is 4.95. The van der Waals surface area contributed by atoms with E-state index in [0.29, 0.717) is 18.9 Å². The minimum absolute atomic E-state index is 0.0989. The lowest BCUT2D eigenvalue weighted by atomic mass is 9.92. The molecule has 1 N–H and O–H groups in total. The Morgan fingerprint density at radius 1 is 1.14 bits per heavy atom. The van der Waals surface area contributed by atoms with Gasteiger partial charge in [-0.3, -0.25) is 4.79 Å². The van der Waals surface area contributed by atoms with Crippen molar-refractivity contribution in [1.82, 2.24) is 9.88 Å². The summed E-state index contributed by atoms with van der Waals surface area (Å²) in [6.07, 6.45) is 2.34. The molecule has 2 aromatic carbocycles. The average Bonchev–Trinajstić information content (AvgIpc) is 3.41. The van der Waals surface area contributed by atoms with E-state index in [2.05, 4.69) is 23.2 Å². The first-order chi connectivity index (χ1) is 14.3. The summed E-state index contributed by atoms with van der Waals surface area (Å²) in [6.45, 7) is 3.22. The second kappa shape index (κ2) is 7.17. The molecule has 3 heterocycles. The maximum absolute atomic E-state index is 13.2. The number of nitrogens with zero attached hydrogens (tertiary/aromatic N) is 1. The Morgan fingerprint density at radius 3 is 2.72 bits per heavy atom. The molecule has 146 valence electrons. The highest BCUT2D eigenvalue weighted by atomic mass is 16.5. The SMILES string of the molecule is CCOc1ccc([C@@H]2c3[nH]c4ccccc4c3CCN2C(=O)c2ccco2)cc1. The molecule has 5 nitrogen and oxygen atoms in total. The summed E-state index contributed by atoms with van der Waals surface area (Å²) in [4.78, 5) is 18.7. The molecule has 2 aromatic heterocycles. The van der Waals surface area contributed by atoms with E-state index in [1.165, 1.54) is 17.2 Å². The van der Waals surface area contributed by atoms with E-state index < -0.39 is 0 Å². The van der Waals surface area contributed by atoms with Gasteiger partial charge in [0.1, 0.15) is 5.75 Å². The topological polar surface area (TPSA) is 58.5 Å². The number of para-hydroxylation sites is 1. The molecule has 0 saturated heterocycles. The van der Waals surface area contributed by atoms with Gasteiger partial charge >= 0.3 is 0 Å². The molecule has 0 fully saturated rings. The van der Waals surface area contributed by atoms with Gasteiger partial charge in [-0.15, -0.1) is 0 Å². The molecule has 4 aromatic rings. The van der Waals surface area contributed by atoms with Crippen LogP contribution in [0.3, 0.4) is 0 Å². The van der Waals surface area contributed by atoms with E-state index in [1.54, 1.807) is 12.1 Å². The Kier molecular flexibility index (Phi) is 4.35. The van der Waals surface area contributed by atoms with Crippen molar-refractivity contribution in [3.63, 3.8) is 0 Å². The zero-order valence-electron chi connectivity index (χ0n) is 16.2. The van der Waals surface area contributed by atoms with E-state index in [-0.39, 0.29) is 11.9 Å². The first-order valence-corrected chi connectivity index (χ1v) is 9.93.